The van der Waals surface area contributed by atoms with Crippen LogP contribution >= 0.6 is 0 Å². The third kappa shape index (κ3) is 6.26. The molecule has 0 radical (unpaired) electrons. The van der Waals surface area contributed by atoms with Gasteiger partial charge in [-0.05, 0) is 83.1 Å². The van der Waals surface area contributed by atoms with Crippen molar-refractivity contribution in [3.05, 3.63) is 131 Å². The van der Waals surface area contributed by atoms with Crippen LogP contribution in [0.25, 0.3) is 21.9 Å². The summed E-state index contributed by atoms with van der Waals surface area (Å²) in [6.45, 7) is 6.58. The maximum absolute atomic E-state index is 13.3. The quantitative estimate of drug-likeness (QED) is 0.192. The molecule has 42 heavy (non-hydrogen) atoms. The smallest absolute Gasteiger partial charge is 0.449 e. The first kappa shape index (κ1) is 29.1. The van der Waals surface area contributed by atoms with Gasteiger partial charge in [-0.3, -0.25) is 9.69 Å². The molecular weight excluding hydrogens is 539 g/mol. The average molecular weight is 572 g/mol. The lowest BCUT2D eigenvalue weighted by atomic mass is 9.84. The van der Waals surface area contributed by atoms with Crippen LogP contribution in [0, 0.1) is 6.92 Å². The number of nitrogens with zero attached hydrogens (tertiary/aromatic N) is 1. The lowest BCUT2D eigenvalue weighted by Gasteiger charge is -2.24. The summed E-state index contributed by atoms with van der Waals surface area (Å²) in [4.78, 5) is 13.8. The molecular formula is C35H32F3NO3. The molecule has 0 aliphatic carbocycles. The van der Waals surface area contributed by atoms with Gasteiger partial charge in [0.25, 0.3) is 0 Å². The molecule has 0 amide bonds. The van der Waals surface area contributed by atoms with Crippen molar-refractivity contribution in [2.24, 2.45) is 0 Å². The second-order valence-corrected chi connectivity index (χ2v) is 11.2. The molecule has 0 saturated heterocycles. The summed E-state index contributed by atoms with van der Waals surface area (Å²) in [5.41, 5.74) is 4.82. The number of hydrogen-bond donors (Lipinski definition) is 1. The minimum atomic E-state index is -4.54. The van der Waals surface area contributed by atoms with Gasteiger partial charge >= 0.3 is 12.1 Å². The van der Waals surface area contributed by atoms with E-state index in [4.69, 9.17) is 4.42 Å². The zero-order valence-corrected chi connectivity index (χ0v) is 23.7. The number of furan rings is 1. The highest BCUT2D eigenvalue weighted by molar-refractivity contribution is 5.86. The van der Waals surface area contributed by atoms with E-state index in [1.165, 1.54) is 6.07 Å². The Morgan fingerprint density at radius 3 is 2.24 bits per heavy atom. The molecule has 0 aliphatic rings. The molecule has 0 aliphatic heterocycles. The first-order chi connectivity index (χ1) is 19.9. The third-order valence-corrected chi connectivity index (χ3v) is 7.78. The zero-order chi connectivity index (χ0) is 30.1. The van der Waals surface area contributed by atoms with Gasteiger partial charge in [-0.25, -0.2) is 0 Å². The molecule has 5 aromatic rings. The van der Waals surface area contributed by atoms with Crippen LogP contribution in [0.1, 0.15) is 47.6 Å². The minimum absolute atomic E-state index is 0.196. The fourth-order valence-corrected chi connectivity index (χ4v) is 5.19. The Labute approximate surface area is 243 Å². The second-order valence-electron chi connectivity index (χ2n) is 11.2. The SMILES string of the molecule is Cc1ccc2ccccc2c1CN(Cc1cccc(-c2ccc(C(C)(C)C(=O)O)cc2)c1)Cc1ccc(C(F)(F)F)o1. The Bertz CT molecular complexity index is 1720. The summed E-state index contributed by atoms with van der Waals surface area (Å²) in [5.74, 6) is -1.65. The largest absolute Gasteiger partial charge is 0.481 e. The van der Waals surface area contributed by atoms with Crippen LogP contribution in [0.2, 0.25) is 0 Å². The van der Waals surface area contributed by atoms with Crippen LogP contribution in [0.15, 0.2) is 101 Å². The van der Waals surface area contributed by atoms with Crippen molar-refractivity contribution < 1.29 is 27.5 Å². The first-order valence-corrected chi connectivity index (χ1v) is 13.7. The van der Waals surface area contributed by atoms with Crippen molar-refractivity contribution in [3.63, 3.8) is 0 Å². The lowest BCUT2D eigenvalue weighted by molar-refractivity contribution is -0.153. The van der Waals surface area contributed by atoms with Crippen LogP contribution in [-0.4, -0.2) is 16.0 Å². The van der Waals surface area contributed by atoms with Gasteiger partial charge in [0.2, 0.25) is 5.76 Å². The molecule has 4 aromatic carbocycles. The summed E-state index contributed by atoms with van der Waals surface area (Å²) >= 11 is 0. The first-order valence-electron chi connectivity index (χ1n) is 13.7. The van der Waals surface area contributed by atoms with Gasteiger partial charge in [0, 0.05) is 13.1 Å². The van der Waals surface area contributed by atoms with E-state index < -0.39 is 23.3 Å². The predicted molar refractivity (Wildman–Crippen MR) is 158 cm³/mol. The molecule has 0 bridgehead atoms. The van der Waals surface area contributed by atoms with Crippen molar-refractivity contribution in [3.8, 4) is 11.1 Å². The molecule has 5 rings (SSSR count). The van der Waals surface area contributed by atoms with Gasteiger partial charge in [-0.1, -0.05) is 78.9 Å². The number of halogens is 3. The molecule has 7 heteroatoms. The van der Waals surface area contributed by atoms with Crippen molar-refractivity contribution >= 4 is 16.7 Å². The van der Waals surface area contributed by atoms with Gasteiger partial charge in [-0.2, -0.15) is 13.2 Å². The van der Waals surface area contributed by atoms with E-state index >= 15 is 0 Å². The number of alkyl halides is 3. The summed E-state index contributed by atoms with van der Waals surface area (Å²) in [7, 11) is 0. The Morgan fingerprint density at radius 2 is 1.55 bits per heavy atom. The Kier molecular flexibility index (Phi) is 7.97. The number of rotatable bonds is 9. The summed E-state index contributed by atoms with van der Waals surface area (Å²) in [6, 6.07) is 30.1. The highest BCUT2D eigenvalue weighted by Crippen LogP contribution is 2.32. The van der Waals surface area contributed by atoms with E-state index in [1.807, 2.05) is 61.5 Å². The van der Waals surface area contributed by atoms with Crippen LogP contribution in [-0.2, 0) is 36.0 Å². The van der Waals surface area contributed by atoms with Gasteiger partial charge in [0.15, 0.2) is 0 Å². The van der Waals surface area contributed by atoms with Crippen LogP contribution in [0.4, 0.5) is 13.2 Å². The van der Waals surface area contributed by atoms with Crippen LogP contribution in [0.5, 0.6) is 0 Å². The van der Waals surface area contributed by atoms with E-state index in [1.54, 1.807) is 13.8 Å². The maximum Gasteiger partial charge on any atom is 0.449 e. The Hall–Kier alpha value is -4.36. The molecule has 216 valence electrons. The number of aryl methyl sites for hydroxylation is 1. The molecule has 0 fully saturated rings. The number of benzene rings is 4. The zero-order valence-electron chi connectivity index (χ0n) is 23.7. The lowest BCUT2D eigenvalue weighted by Crippen LogP contribution is -2.28. The molecule has 0 atom stereocenters. The molecule has 1 heterocycles. The fraction of sp³-hybridized carbons (Fsp3) is 0.229. The van der Waals surface area contributed by atoms with E-state index in [9.17, 15) is 23.1 Å². The van der Waals surface area contributed by atoms with Gasteiger partial charge < -0.3 is 9.52 Å². The minimum Gasteiger partial charge on any atom is -0.481 e. The van der Waals surface area contributed by atoms with E-state index in [0.29, 0.717) is 18.7 Å². The highest BCUT2D eigenvalue weighted by Gasteiger charge is 2.35. The molecule has 0 saturated carbocycles. The van der Waals surface area contributed by atoms with Gasteiger partial charge in [-0.15, -0.1) is 0 Å². The molecule has 1 aromatic heterocycles. The number of hydrogen-bond acceptors (Lipinski definition) is 3. The summed E-state index contributed by atoms with van der Waals surface area (Å²) in [6.07, 6.45) is -4.54. The van der Waals surface area contributed by atoms with Crippen molar-refractivity contribution in [2.75, 3.05) is 0 Å². The second kappa shape index (κ2) is 11.5. The van der Waals surface area contributed by atoms with Crippen molar-refractivity contribution in [2.45, 2.75) is 52.0 Å². The fourth-order valence-electron chi connectivity index (χ4n) is 5.19. The van der Waals surface area contributed by atoms with Crippen LogP contribution < -0.4 is 0 Å². The number of fused-ring (bicyclic) bond motifs is 1. The standard InChI is InChI=1S/C35H32F3NO3/c1-23-11-12-26-8-4-5-10-30(26)31(23)22-39(21-29-17-18-32(42-29)35(36,37)38)20-24-7-6-9-27(19-24)25-13-15-28(16-14-25)34(2,3)33(40)41/h4-19H,20-22H2,1-3H3,(H,40,41). The number of carboxylic acids is 1. The van der Waals surface area contributed by atoms with E-state index in [2.05, 4.69) is 35.2 Å². The van der Waals surface area contributed by atoms with Crippen molar-refractivity contribution in [1.82, 2.24) is 4.90 Å². The number of aliphatic carboxylic acids is 1. The average Bonchev–Trinajstić information content (AvgIpc) is 3.44. The third-order valence-electron chi connectivity index (χ3n) is 7.78. The monoisotopic (exact) mass is 571 g/mol. The normalized spacial score (nSPS) is 12.3. The molecule has 0 spiro atoms. The number of carboxylic acid groups (broad SMARTS) is 1. The van der Waals surface area contributed by atoms with E-state index in [0.717, 1.165) is 44.7 Å². The van der Waals surface area contributed by atoms with Gasteiger partial charge in [0.1, 0.15) is 5.76 Å². The summed E-state index contributed by atoms with van der Waals surface area (Å²) < 4.78 is 45.0. The predicted octanol–water partition coefficient (Wildman–Crippen LogP) is 8.99. The molecule has 4 nitrogen and oxygen atoms in total. The van der Waals surface area contributed by atoms with E-state index in [-0.39, 0.29) is 12.3 Å². The highest BCUT2D eigenvalue weighted by atomic mass is 19.4. The topological polar surface area (TPSA) is 53.7 Å². The van der Waals surface area contributed by atoms with Gasteiger partial charge in [0.05, 0.1) is 12.0 Å². The number of carbonyl (C=O) groups is 1. The molecule has 1 N–H and O–H groups in total. The van der Waals surface area contributed by atoms with Crippen LogP contribution in [0.3, 0.4) is 0 Å². The Morgan fingerprint density at radius 1 is 0.810 bits per heavy atom. The molecule has 0 unspecified atom stereocenters. The van der Waals surface area contributed by atoms with Crippen molar-refractivity contribution in [1.29, 1.82) is 0 Å². The maximum atomic E-state index is 13.3. The Balaban J connectivity index is 1.46. The summed E-state index contributed by atoms with van der Waals surface area (Å²) in [5, 5.41) is 11.8.